The second kappa shape index (κ2) is 37.2. The molecule has 14 aromatic carbocycles. The van der Waals surface area contributed by atoms with Gasteiger partial charge in [-0.05, 0) is 278 Å². The van der Waals surface area contributed by atoms with Gasteiger partial charge in [0.1, 0.15) is 0 Å². The van der Waals surface area contributed by atoms with Crippen LogP contribution in [0.2, 0.25) is 0 Å². The number of fused-ring (bicyclic) bond motifs is 7. The van der Waals surface area contributed by atoms with E-state index >= 15 is 0 Å². The number of anilines is 8. The molecular formula is C114H121N3. The van der Waals surface area contributed by atoms with Gasteiger partial charge in [-0.15, -0.1) is 0 Å². The molecule has 0 radical (unpaired) electrons. The molecule has 3 aliphatic rings. The van der Waals surface area contributed by atoms with Crippen LogP contribution in [0.4, 0.5) is 45.5 Å². The van der Waals surface area contributed by atoms with Crippen LogP contribution < -0.4 is 14.7 Å². The summed E-state index contributed by atoms with van der Waals surface area (Å²) in [5, 5.41) is 0. The van der Waals surface area contributed by atoms with Crippen LogP contribution in [-0.2, 0) is 23.7 Å². The molecule has 0 bridgehead atoms. The van der Waals surface area contributed by atoms with E-state index < -0.39 is 0 Å². The lowest BCUT2D eigenvalue weighted by atomic mass is 9.70. The lowest BCUT2D eigenvalue weighted by Crippen LogP contribution is -2.25. The Balaban J connectivity index is 0.000000192. The van der Waals surface area contributed by atoms with E-state index in [1.54, 1.807) is 11.1 Å². The van der Waals surface area contributed by atoms with Crippen LogP contribution in [0.25, 0.3) is 77.9 Å². The van der Waals surface area contributed by atoms with Gasteiger partial charge in [0, 0.05) is 66.2 Å². The number of rotatable bonds is 33. The van der Waals surface area contributed by atoms with Crippen molar-refractivity contribution in [1.29, 1.82) is 0 Å². The molecule has 0 heterocycles. The maximum absolute atomic E-state index is 2.59. The van der Waals surface area contributed by atoms with Crippen LogP contribution in [-0.4, -0.2) is 7.05 Å². The first-order valence-electron chi connectivity index (χ1n) is 44.4. The smallest absolute Gasteiger partial charge is 0.0467 e. The Kier molecular flexibility index (Phi) is 25.2. The summed E-state index contributed by atoms with van der Waals surface area (Å²) in [5.41, 5.74) is 38.4. The molecule has 592 valence electrons. The number of benzene rings is 14. The standard InChI is InChI=1S/C58H59N.C56H58N2.2H2/c1-4-6-8-13-36-58(37-14-9-7-5-2)56-40-49(43-22-20-42(3)21-23-43)30-34-54(56)55-35-31-50(41-57(55)58)45-28-32-52(33-29-45)59(51-17-11-10-12-18-51)53-19-15-16-46(39-53)48-27-25-44-24-26-47(44)38-48;1-4-6-8-19-39-56(40-20-9-7-5-2)54-41-45(43-27-33-48(34-28-43)57(3)47-21-13-10-14-22-47)31-37-52(54)53-38-32-46(42-55(53)56)44-29-35-51(36-30-44)58(49-23-15-11-16-24-49)50-25-17-12-18-26-50;;/h10-12,15-23,25,27-35,38-41H,4-9,13-14,24,26,36-37H2,1-3H3;10-18,21-38,41-42H,4-9,19-20,39-40H2,1-3H3;2*1H. The highest BCUT2D eigenvalue weighted by Gasteiger charge is 2.44. The highest BCUT2D eigenvalue weighted by molar-refractivity contribution is 5.90. The van der Waals surface area contributed by atoms with E-state index in [4.69, 9.17) is 0 Å². The zero-order chi connectivity index (χ0) is 79.9. The number of nitrogens with zero attached hydrogens (tertiary/aromatic N) is 3. The second-order valence-corrected chi connectivity index (χ2v) is 33.6. The first-order valence-corrected chi connectivity index (χ1v) is 44.4. The number of hydrogen-bond acceptors (Lipinski definition) is 3. The fourth-order valence-corrected chi connectivity index (χ4v) is 19.3. The average Bonchev–Trinajstić information content (AvgIpc) is 1.57. The van der Waals surface area contributed by atoms with Gasteiger partial charge in [-0.1, -0.05) is 348 Å². The molecular weight excluding hydrogens is 1410 g/mol. The first-order chi connectivity index (χ1) is 57.6. The van der Waals surface area contributed by atoms with Crippen molar-refractivity contribution in [1.82, 2.24) is 0 Å². The normalized spacial score (nSPS) is 12.9. The van der Waals surface area contributed by atoms with Gasteiger partial charge in [0.15, 0.2) is 0 Å². The van der Waals surface area contributed by atoms with Gasteiger partial charge in [-0.25, -0.2) is 0 Å². The molecule has 0 saturated heterocycles. The Bertz CT molecular complexity index is 5540. The van der Waals surface area contributed by atoms with E-state index in [0.717, 1.165) is 28.4 Å². The van der Waals surface area contributed by atoms with Crippen LogP contribution in [0.1, 0.15) is 198 Å². The number of unbranched alkanes of at least 4 members (excludes halogenated alkanes) is 12. The van der Waals surface area contributed by atoms with Gasteiger partial charge in [-0.3, -0.25) is 0 Å². The molecule has 0 amide bonds. The Morgan fingerprint density at radius 2 is 0.504 bits per heavy atom. The Labute approximate surface area is 702 Å². The largest absolute Gasteiger partial charge is 0.345 e. The summed E-state index contributed by atoms with van der Waals surface area (Å²) in [5.74, 6) is 0. The summed E-state index contributed by atoms with van der Waals surface area (Å²) in [4.78, 5) is 7.00. The SMILES string of the molecule is CCCCCCC1(CCCCCC)c2cc(-c3ccc(C)cc3)ccc2-c2ccc(-c3ccc(N(c4ccccc4)c4cccc(-c5ccc6c(c5)CC6)c4)cc3)cc21.CCCCCCC1(CCCCCC)c2cc(-c3ccc(N(C)c4ccccc4)cc3)ccc2-c2ccc(-c3ccc(N(c4ccccc4)c4ccccc4)cc3)cc21.[HH].[HH]. The van der Waals surface area contributed by atoms with Crippen molar-refractivity contribution in [2.75, 3.05) is 21.7 Å². The molecule has 3 heteroatoms. The molecule has 0 N–H and O–H groups in total. The average molecular weight is 1530 g/mol. The molecule has 0 spiro atoms. The van der Waals surface area contributed by atoms with Crippen LogP contribution in [0, 0.1) is 6.92 Å². The maximum Gasteiger partial charge on any atom is 0.0467 e. The topological polar surface area (TPSA) is 9.72 Å². The molecule has 14 aromatic rings. The lowest BCUT2D eigenvalue weighted by molar-refractivity contribution is 0.401. The summed E-state index contributed by atoms with van der Waals surface area (Å²) in [6, 6.07) is 125. The molecule has 0 aliphatic heterocycles. The third kappa shape index (κ3) is 17.2. The zero-order valence-corrected chi connectivity index (χ0v) is 70.2. The van der Waals surface area contributed by atoms with E-state index in [0.29, 0.717) is 0 Å². The van der Waals surface area contributed by atoms with Crippen molar-refractivity contribution in [2.24, 2.45) is 0 Å². The van der Waals surface area contributed by atoms with Crippen molar-refractivity contribution in [3.8, 4) is 77.9 Å². The molecule has 0 atom stereocenters. The molecule has 17 rings (SSSR count). The molecule has 0 fully saturated rings. The van der Waals surface area contributed by atoms with Gasteiger partial charge in [0.25, 0.3) is 0 Å². The van der Waals surface area contributed by atoms with Gasteiger partial charge >= 0.3 is 0 Å². The van der Waals surface area contributed by atoms with Crippen molar-refractivity contribution in [2.45, 2.75) is 187 Å². The Hall–Kier alpha value is -11.5. The third-order valence-corrected chi connectivity index (χ3v) is 25.9. The van der Waals surface area contributed by atoms with Gasteiger partial charge in [-0.2, -0.15) is 0 Å². The Morgan fingerprint density at radius 3 is 0.846 bits per heavy atom. The zero-order valence-electron chi connectivity index (χ0n) is 70.2. The van der Waals surface area contributed by atoms with E-state index in [1.165, 1.54) is 264 Å². The quantitative estimate of drug-likeness (QED) is 0.0380. The van der Waals surface area contributed by atoms with Crippen molar-refractivity contribution >= 4 is 45.5 Å². The van der Waals surface area contributed by atoms with E-state index in [-0.39, 0.29) is 13.7 Å². The number of para-hydroxylation sites is 4. The molecule has 0 saturated carbocycles. The molecule has 3 nitrogen and oxygen atoms in total. The maximum atomic E-state index is 2.59. The summed E-state index contributed by atoms with van der Waals surface area (Å²) in [7, 11) is 2.15. The van der Waals surface area contributed by atoms with Crippen molar-refractivity contribution in [3.05, 3.63) is 373 Å². The Morgan fingerprint density at radius 1 is 0.231 bits per heavy atom. The van der Waals surface area contributed by atoms with Crippen LogP contribution in [0.3, 0.4) is 0 Å². The fourth-order valence-electron chi connectivity index (χ4n) is 19.3. The van der Waals surface area contributed by atoms with Gasteiger partial charge < -0.3 is 14.7 Å². The molecule has 0 unspecified atom stereocenters. The van der Waals surface area contributed by atoms with Crippen molar-refractivity contribution < 1.29 is 2.85 Å². The highest BCUT2D eigenvalue weighted by atomic mass is 15.1. The number of aryl methyl sites for hydroxylation is 3. The van der Waals surface area contributed by atoms with Crippen LogP contribution in [0.15, 0.2) is 334 Å². The monoisotopic (exact) mass is 1530 g/mol. The predicted molar refractivity (Wildman–Crippen MR) is 508 cm³/mol. The fraction of sp³-hybridized carbons (Fsp3) is 0.263. The highest BCUT2D eigenvalue weighted by Crippen LogP contribution is 2.58. The summed E-state index contributed by atoms with van der Waals surface area (Å²) < 4.78 is 0. The third-order valence-electron chi connectivity index (χ3n) is 25.9. The van der Waals surface area contributed by atoms with Gasteiger partial charge in [0.2, 0.25) is 0 Å². The molecule has 3 aliphatic carbocycles. The van der Waals surface area contributed by atoms with E-state index in [9.17, 15) is 0 Å². The van der Waals surface area contributed by atoms with E-state index in [2.05, 4.69) is 390 Å². The van der Waals surface area contributed by atoms with Crippen LogP contribution >= 0.6 is 0 Å². The first kappa shape index (κ1) is 79.3. The lowest BCUT2D eigenvalue weighted by Gasteiger charge is -2.33. The minimum absolute atomic E-state index is 0. The molecule has 117 heavy (non-hydrogen) atoms. The minimum atomic E-state index is -0.0109. The summed E-state index contributed by atoms with van der Waals surface area (Å²) >= 11 is 0. The summed E-state index contributed by atoms with van der Waals surface area (Å²) in [6.07, 6.45) is 27.6. The molecule has 0 aromatic heterocycles. The minimum Gasteiger partial charge on any atom is -0.345 e. The number of hydrogen-bond donors (Lipinski definition) is 0. The van der Waals surface area contributed by atoms with Crippen LogP contribution in [0.5, 0.6) is 0 Å². The van der Waals surface area contributed by atoms with Crippen molar-refractivity contribution in [3.63, 3.8) is 0 Å². The van der Waals surface area contributed by atoms with Gasteiger partial charge in [0.05, 0.1) is 0 Å². The second-order valence-electron chi connectivity index (χ2n) is 33.6. The predicted octanol–water partition coefficient (Wildman–Crippen LogP) is 33.7. The van der Waals surface area contributed by atoms with E-state index in [1.807, 2.05) is 0 Å². The summed E-state index contributed by atoms with van der Waals surface area (Å²) in [6.45, 7) is 11.5.